The highest BCUT2D eigenvalue weighted by Crippen LogP contribution is 2.17. The summed E-state index contributed by atoms with van der Waals surface area (Å²) in [7, 11) is 0. The molecule has 1 aliphatic heterocycles. The monoisotopic (exact) mass is 298 g/mol. The summed E-state index contributed by atoms with van der Waals surface area (Å²) in [5.41, 5.74) is 5.69. The number of halogens is 1. The molecule has 17 heavy (non-hydrogen) atoms. The highest BCUT2D eigenvalue weighted by molar-refractivity contribution is 9.10. The molecular weight excluding hydrogens is 280 g/mol. The summed E-state index contributed by atoms with van der Waals surface area (Å²) in [5, 5.41) is 0. The summed E-state index contributed by atoms with van der Waals surface area (Å²) in [4.78, 5) is 9.19. The molecular formula is C12H19BrN4. The lowest BCUT2D eigenvalue weighted by Gasteiger charge is -2.38. The normalized spacial score (nSPS) is 19.4. The Labute approximate surface area is 111 Å². The standard InChI is InChI=1S/C12H19BrN4/c1-10(8-14)16-4-6-17(7-5-16)12-3-2-11(13)9-15-12/h2-3,9-10H,4-8,14H2,1H3. The van der Waals surface area contributed by atoms with Gasteiger partial charge in [0.2, 0.25) is 0 Å². The molecule has 1 aromatic heterocycles. The quantitative estimate of drug-likeness (QED) is 0.914. The van der Waals surface area contributed by atoms with E-state index in [1.807, 2.05) is 12.3 Å². The van der Waals surface area contributed by atoms with Crippen molar-refractivity contribution in [3.8, 4) is 0 Å². The smallest absolute Gasteiger partial charge is 0.128 e. The summed E-state index contributed by atoms with van der Waals surface area (Å²) < 4.78 is 1.02. The summed E-state index contributed by atoms with van der Waals surface area (Å²) in [5.74, 6) is 1.06. The van der Waals surface area contributed by atoms with Crippen molar-refractivity contribution in [3.05, 3.63) is 22.8 Å². The van der Waals surface area contributed by atoms with E-state index in [-0.39, 0.29) is 0 Å². The number of nitrogens with two attached hydrogens (primary N) is 1. The first-order chi connectivity index (χ1) is 8.20. The van der Waals surface area contributed by atoms with Gasteiger partial charge in [0, 0.05) is 49.4 Å². The van der Waals surface area contributed by atoms with Gasteiger partial charge in [-0.2, -0.15) is 0 Å². The van der Waals surface area contributed by atoms with Crippen LogP contribution in [0.15, 0.2) is 22.8 Å². The van der Waals surface area contributed by atoms with Crippen molar-refractivity contribution in [2.45, 2.75) is 13.0 Å². The molecule has 0 aliphatic carbocycles. The third kappa shape index (κ3) is 3.18. The molecule has 1 aliphatic rings. The molecule has 1 saturated heterocycles. The van der Waals surface area contributed by atoms with Gasteiger partial charge in [-0.05, 0) is 35.0 Å². The van der Waals surface area contributed by atoms with E-state index in [2.05, 4.69) is 43.7 Å². The van der Waals surface area contributed by atoms with Crippen molar-refractivity contribution in [2.24, 2.45) is 5.73 Å². The van der Waals surface area contributed by atoms with E-state index < -0.39 is 0 Å². The number of pyridine rings is 1. The van der Waals surface area contributed by atoms with Crippen LogP contribution in [0, 0.1) is 0 Å². The zero-order valence-corrected chi connectivity index (χ0v) is 11.7. The number of anilines is 1. The predicted octanol–water partition coefficient (Wildman–Crippen LogP) is 1.31. The van der Waals surface area contributed by atoms with Crippen LogP contribution >= 0.6 is 15.9 Å². The summed E-state index contributed by atoms with van der Waals surface area (Å²) in [6.45, 7) is 7.11. The van der Waals surface area contributed by atoms with Crippen LogP contribution in [0.1, 0.15) is 6.92 Å². The zero-order valence-electron chi connectivity index (χ0n) is 10.1. The molecule has 1 aromatic rings. The van der Waals surface area contributed by atoms with Crippen LogP contribution in [-0.4, -0.2) is 48.6 Å². The van der Waals surface area contributed by atoms with Gasteiger partial charge in [0.1, 0.15) is 5.82 Å². The van der Waals surface area contributed by atoms with E-state index in [1.54, 1.807) is 0 Å². The molecule has 0 spiro atoms. The van der Waals surface area contributed by atoms with Gasteiger partial charge in [-0.3, -0.25) is 4.90 Å². The third-order valence-corrected chi connectivity index (χ3v) is 3.78. The summed E-state index contributed by atoms with van der Waals surface area (Å²) in [6.07, 6.45) is 1.85. The van der Waals surface area contributed by atoms with Crippen LogP contribution in [0.4, 0.5) is 5.82 Å². The first kappa shape index (κ1) is 12.8. The largest absolute Gasteiger partial charge is 0.354 e. The molecule has 4 nitrogen and oxygen atoms in total. The van der Waals surface area contributed by atoms with Crippen molar-refractivity contribution < 1.29 is 0 Å². The Morgan fingerprint density at radius 3 is 2.59 bits per heavy atom. The van der Waals surface area contributed by atoms with E-state index in [0.717, 1.165) is 43.0 Å². The Morgan fingerprint density at radius 2 is 2.06 bits per heavy atom. The Bertz CT molecular complexity index is 346. The average Bonchev–Trinajstić information content (AvgIpc) is 2.39. The topological polar surface area (TPSA) is 45.4 Å². The van der Waals surface area contributed by atoms with Crippen LogP contribution < -0.4 is 10.6 Å². The van der Waals surface area contributed by atoms with Gasteiger partial charge < -0.3 is 10.6 Å². The van der Waals surface area contributed by atoms with E-state index in [4.69, 9.17) is 5.73 Å². The van der Waals surface area contributed by atoms with E-state index >= 15 is 0 Å². The Hall–Kier alpha value is -0.650. The third-order valence-electron chi connectivity index (χ3n) is 3.31. The zero-order chi connectivity index (χ0) is 12.3. The molecule has 1 fully saturated rings. The molecule has 94 valence electrons. The van der Waals surface area contributed by atoms with Crippen LogP contribution in [0.5, 0.6) is 0 Å². The molecule has 2 rings (SSSR count). The number of piperazine rings is 1. The van der Waals surface area contributed by atoms with Crippen LogP contribution in [0.25, 0.3) is 0 Å². The molecule has 1 unspecified atom stereocenters. The minimum Gasteiger partial charge on any atom is -0.354 e. The van der Waals surface area contributed by atoms with Crippen LogP contribution in [0.2, 0.25) is 0 Å². The predicted molar refractivity (Wildman–Crippen MR) is 74.2 cm³/mol. The second-order valence-electron chi connectivity index (χ2n) is 4.44. The summed E-state index contributed by atoms with van der Waals surface area (Å²) in [6, 6.07) is 4.58. The fourth-order valence-electron chi connectivity index (χ4n) is 2.10. The summed E-state index contributed by atoms with van der Waals surface area (Å²) >= 11 is 3.40. The van der Waals surface area contributed by atoms with Gasteiger partial charge in [-0.15, -0.1) is 0 Å². The fourth-order valence-corrected chi connectivity index (χ4v) is 2.33. The van der Waals surface area contributed by atoms with Crippen LogP contribution in [-0.2, 0) is 0 Å². The van der Waals surface area contributed by atoms with Gasteiger partial charge in [0.05, 0.1) is 0 Å². The highest BCUT2D eigenvalue weighted by Gasteiger charge is 2.20. The molecule has 0 saturated carbocycles. The molecule has 0 radical (unpaired) electrons. The van der Waals surface area contributed by atoms with Crippen LogP contribution in [0.3, 0.4) is 0 Å². The lowest BCUT2D eigenvalue weighted by molar-refractivity contribution is 0.201. The minimum atomic E-state index is 0.482. The lowest BCUT2D eigenvalue weighted by atomic mass is 10.2. The number of rotatable bonds is 3. The molecule has 0 bridgehead atoms. The maximum atomic E-state index is 5.69. The lowest BCUT2D eigenvalue weighted by Crippen LogP contribution is -2.51. The Balaban J connectivity index is 1.93. The first-order valence-corrected chi connectivity index (χ1v) is 6.80. The van der Waals surface area contributed by atoms with Crippen molar-refractivity contribution in [1.29, 1.82) is 0 Å². The average molecular weight is 299 g/mol. The van der Waals surface area contributed by atoms with Crippen molar-refractivity contribution in [2.75, 3.05) is 37.6 Å². The van der Waals surface area contributed by atoms with Gasteiger partial charge in [0.15, 0.2) is 0 Å². The number of hydrogen-bond acceptors (Lipinski definition) is 4. The number of aromatic nitrogens is 1. The molecule has 2 heterocycles. The number of nitrogens with zero attached hydrogens (tertiary/aromatic N) is 3. The second-order valence-corrected chi connectivity index (χ2v) is 5.36. The SMILES string of the molecule is CC(CN)N1CCN(c2ccc(Br)cn2)CC1. The van der Waals surface area contributed by atoms with Crippen molar-refractivity contribution in [3.63, 3.8) is 0 Å². The van der Waals surface area contributed by atoms with E-state index in [1.165, 1.54) is 0 Å². The van der Waals surface area contributed by atoms with Gasteiger partial charge in [0.25, 0.3) is 0 Å². The van der Waals surface area contributed by atoms with Gasteiger partial charge in [-0.25, -0.2) is 4.98 Å². The van der Waals surface area contributed by atoms with Crippen molar-refractivity contribution >= 4 is 21.7 Å². The maximum Gasteiger partial charge on any atom is 0.128 e. The van der Waals surface area contributed by atoms with E-state index in [9.17, 15) is 0 Å². The highest BCUT2D eigenvalue weighted by atomic mass is 79.9. The molecule has 5 heteroatoms. The number of hydrogen-bond donors (Lipinski definition) is 1. The van der Waals surface area contributed by atoms with Crippen molar-refractivity contribution in [1.82, 2.24) is 9.88 Å². The molecule has 1 atom stereocenters. The van der Waals surface area contributed by atoms with Gasteiger partial charge >= 0.3 is 0 Å². The fraction of sp³-hybridized carbons (Fsp3) is 0.583. The molecule has 0 aromatic carbocycles. The molecule has 0 amide bonds. The molecule has 2 N–H and O–H groups in total. The van der Waals surface area contributed by atoms with Gasteiger partial charge in [-0.1, -0.05) is 0 Å². The Kier molecular flexibility index (Phi) is 4.36. The Morgan fingerprint density at radius 1 is 1.35 bits per heavy atom. The minimum absolute atomic E-state index is 0.482. The second kappa shape index (κ2) is 5.80. The maximum absolute atomic E-state index is 5.69. The first-order valence-electron chi connectivity index (χ1n) is 6.01. The van der Waals surface area contributed by atoms with E-state index in [0.29, 0.717) is 6.04 Å².